The largest absolute Gasteiger partial charge is 0.633 e. The Kier molecular flexibility index (Phi) is 6.90. The summed E-state index contributed by atoms with van der Waals surface area (Å²) in [4.78, 5) is 26.8. The molecule has 5 aliphatic carbocycles. The minimum Gasteiger partial charge on any atom is -0.633 e. The zero-order valence-corrected chi connectivity index (χ0v) is 26.4. The second-order valence-corrected chi connectivity index (χ2v) is 14.5. The van der Waals surface area contributed by atoms with Gasteiger partial charge in [0, 0.05) is 59.0 Å². The minimum atomic E-state index is -1.58. The molecule has 6 fully saturated rings. The number of piperidine rings is 1. The number of esters is 2. The van der Waals surface area contributed by atoms with Crippen LogP contribution in [0.3, 0.4) is 0 Å². The molecule has 1 heterocycles. The van der Waals surface area contributed by atoms with E-state index in [9.17, 15) is 14.7 Å². The van der Waals surface area contributed by atoms with Crippen molar-refractivity contribution in [3.63, 3.8) is 0 Å². The number of fused-ring (bicyclic) bond motifs is 2. The van der Waals surface area contributed by atoms with Gasteiger partial charge in [-0.1, -0.05) is 18.2 Å². The quantitative estimate of drug-likeness (QED) is 0.264. The van der Waals surface area contributed by atoms with E-state index in [1.54, 1.807) is 52.6 Å². The summed E-state index contributed by atoms with van der Waals surface area (Å²) >= 11 is 0. The molecular formula is C33H45NO10. The Balaban J connectivity index is 1.50. The highest BCUT2D eigenvalue weighted by atomic mass is 16.6. The summed E-state index contributed by atoms with van der Waals surface area (Å²) in [7, 11) is 8.27. The number of rotatable bonds is 8. The van der Waals surface area contributed by atoms with E-state index in [0.29, 0.717) is 25.1 Å². The zero-order valence-electron chi connectivity index (χ0n) is 26.4. The van der Waals surface area contributed by atoms with Gasteiger partial charge >= 0.3 is 11.9 Å². The van der Waals surface area contributed by atoms with Crippen LogP contribution in [0.15, 0.2) is 30.3 Å². The van der Waals surface area contributed by atoms with Crippen LogP contribution in [-0.2, 0) is 33.2 Å². The van der Waals surface area contributed by atoms with Gasteiger partial charge in [0.05, 0.1) is 55.4 Å². The van der Waals surface area contributed by atoms with Gasteiger partial charge < -0.3 is 43.4 Å². The first-order valence-corrected chi connectivity index (χ1v) is 15.7. The maximum Gasteiger partial charge on any atom is 0.338 e. The second kappa shape index (κ2) is 9.94. The Morgan fingerprint density at radius 3 is 2.34 bits per heavy atom. The van der Waals surface area contributed by atoms with Gasteiger partial charge in [-0.2, -0.15) is 0 Å². The SMILES string of the molecule is COC[C@@]12CC[C@H](OC)[C@@]34[C@@H]5C[C@@]6(O)[C@@H](OC)C[C@@](OC(C)=O)([C@H]5[C@H]6OC(=O)c5ccccc5)[C@@H]([C@H](OC)[C@H]13)[C@H]4[N+](C)([O-])C2. The molecular weight excluding hydrogens is 570 g/mol. The van der Waals surface area contributed by atoms with Gasteiger partial charge in [-0.15, -0.1) is 0 Å². The molecule has 0 aromatic heterocycles. The molecule has 1 unspecified atom stereocenters. The molecule has 14 atom stereocenters. The van der Waals surface area contributed by atoms with Crippen LogP contribution in [0.2, 0.25) is 0 Å². The standard InChI is InChI=1S/C33H45NO10/c1-18(35)44-32-15-22(41-5)31(37)14-20(23(32)28(31)43-29(36)19-10-8-7-9-11-19)33-21(40-4)12-13-30(17-39-3)16-34(2,38)27(33)24(32)25(42-6)26(30)33/h7-11,20-28,37H,12-17H2,1-6H3/t20-,21+,22+,23-,24+,25+,26-,27-,28-,30+,31-,32-,33+,34?/m1/s1. The van der Waals surface area contributed by atoms with Crippen molar-refractivity contribution in [3.8, 4) is 0 Å². The maximum atomic E-state index is 15.2. The second-order valence-electron chi connectivity index (χ2n) is 14.5. The predicted molar refractivity (Wildman–Crippen MR) is 155 cm³/mol. The van der Waals surface area contributed by atoms with Crippen molar-refractivity contribution >= 4 is 11.9 Å². The van der Waals surface area contributed by atoms with E-state index in [0.717, 1.165) is 6.42 Å². The maximum absolute atomic E-state index is 15.2. The lowest BCUT2D eigenvalue weighted by molar-refractivity contribution is -0.917. The summed E-state index contributed by atoms with van der Waals surface area (Å²) in [5.74, 6) is -2.85. The van der Waals surface area contributed by atoms with Crippen LogP contribution in [0.25, 0.3) is 0 Å². The molecule has 11 heteroatoms. The topological polar surface area (TPSA) is 133 Å². The summed E-state index contributed by atoms with van der Waals surface area (Å²) < 4.78 is 37.0. The molecule has 5 saturated carbocycles. The van der Waals surface area contributed by atoms with Crippen molar-refractivity contribution in [2.45, 2.75) is 74.3 Å². The molecule has 6 aliphatic rings. The lowest BCUT2D eigenvalue weighted by Crippen LogP contribution is -2.80. The fourth-order valence-electron chi connectivity index (χ4n) is 12.5. The average Bonchev–Trinajstić information content (AvgIpc) is 3.39. The van der Waals surface area contributed by atoms with Crippen LogP contribution < -0.4 is 0 Å². The molecule has 1 saturated heterocycles. The molecule has 7 bridgehead atoms. The van der Waals surface area contributed by atoms with E-state index >= 15 is 5.21 Å². The van der Waals surface area contributed by atoms with Crippen molar-refractivity contribution in [2.75, 3.05) is 48.6 Å². The third kappa shape index (κ3) is 3.52. The van der Waals surface area contributed by atoms with Gasteiger partial charge in [-0.3, -0.25) is 4.79 Å². The Morgan fingerprint density at radius 2 is 1.73 bits per heavy atom. The molecule has 0 amide bonds. The van der Waals surface area contributed by atoms with Gasteiger partial charge in [0.1, 0.15) is 23.3 Å². The summed E-state index contributed by atoms with van der Waals surface area (Å²) in [6.07, 6.45) is -0.909. The molecule has 0 radical (unpaired) electrons. The summed E-state index contributed by atoms with van der Waals surface area (Å²) in [6, 6.07) is 8.10. The average molecular weight is 616 g/mol. The molecule has 11 nitrogen and oxygen atoms in total. The van der Waals surface area contributed by atoms with E-state index < -0.39 is 80.7 Å². The number of nitrogens with zero attached hydrogens (tertiary/aromatic N) is 1. The fraction of sp³-hybridized carbons (Fsp3) is 0.758. The monoisotopic (exact) mass is 615 g/mol. The summed E-state index contributed by atoms with van der Waals surface area (Å²) in [5, 5.41) is 27.8. The molecule has 1 spiro atoms. The molecule has 44 heavy (non-hydrogen) atoms. The van der Waals surface area contributed by atoms with Crippen LogP contribution in [0.4, 0.5) is 0 Å². The Labute approximate surface area is 258 Å². The van der Waals surface area contributed by atoms with Gasteiger partial charge in [0.2, 0.25) is 0 Å². The lowest BCUT2D eigenvalue weighted by atomic mass is 9.43. The van der Waals surface area contributed by atoms with Crippen LogP contribution in [0.1, 0.15) is 43.0 Å². The van der Waals surface area contributed by atoms with Gasteiger partial charge in [-0.25, -0.2) is 4.79 Å². The number of quaternary nitrogens is 1. The van der Waals surface area contributed by atoms with Crippen molar-refractivity contribution in [3.05, 3.63) is 41.1 Å². The number of likely N-dealkylation sites (tertiary alicyclic amines) is 1. The van der Waals surface area contributed by atoms with Gasteiger partial charge in [0.15, 0.2) is 0 Å². The number of aliphatic hydroxyl groups is 1. The van der Waals surface area contributed by atoms with Crippen molar-refractivity contribution in [2.24, 2.45) is 34.5 Å². The van der Waals surface area contributed by atoms with Crippen molar-refractivity contribution in [1.82, 2.24) is 0 Å². The summed E-state index contributed by atoms with van der Waals surface area (Å²) in [6.45, 7) is 2.08. The molecule has 1 aliphatic heterocycles. The van der Waals surface area contributed by atoms with E-state index in [1.165, 1.54) is 14.0 Å². The molecule has 7 rings (SSSR count). The first kappa shape index (κ1) is 30.5. The highest BCUT2D eigenvalue weighted by Crippen LogP contribution is 2.81. The van der Waals surface area contributed by atoms with Crippen LogP contribution >= 0.6 is 0 Å². The predicted octanol–water partition coefficient (Wildman–Crippen LogP) is 2.33. The third-order valence-electron chi connectivity index (χ3n) is 12.9. The number of ether oxygens (including phenoxy) is 6. The third-order valence-corrected chi connectivity index (χ3v) is 12.9. The van der Waals surface area contributed by atoms with Crippen molar-refractivity contribution in [1.29, 1.82) is 0 Å². The minimum absolute atomic E-state index is 0.152. The molecule has 1 aromatic carbocycles. The van der Waals surface area contributed by atoms with E-state index in [2.05, 4.69) is 0 Å². The van der Waals surface area contributed by atoms with E-state index in [4.69, 9.17) is 28.4 Å². The number of hydroxylamine groups is 3. The Hall–Kier alpha value is -2.12. The first-order valence-electron chi connectivity index (χ1n) is 15.7. The van der Waals surface area contributed by atoms with Gasteiger partial charge in [-0.05, 0) is 37.3 Å². The number of carbonyl (C=O) groups is 2. The highest BCUT2D eigenvalue weighted by molar-refractivity contribution is 5.89. The molecule has 242 valence electrons. The zero-order chi connectivity index (χ0) is 31.4. The Morgan fingerprint density at radius 1 is 1.02 bits per heavy atom. The molecule has 1 N–H and O–H groups in total. The van der Waals surface area contributed by atoms with Gasteiger partial charge in [0.25, 0.3) is 0 Å². The van der Waals surface area contributed by atoms with Crippen LogP contribution in [0.5, 0.6) is 0 Å². The number of hydrogen-bond donors (Lipinski definition) is 1. The van der Waals surface area contributed by atoms with E-state index in [1.807, 2.05) is 6.07 Å². The van der Waals surface area contributed by atoms with Crippen molar-refractivity contribution < 1.29 is 47.8 Å². The first-order chi connectivity index (χ1) is 20.9. The lowest BCUT2D eigenvalue weighted by Gasteiger charge is -2.71. The van der Waals surface area contributed by atoms with Crippen LogP contribution in [-0.4, -0.2) is 112 Å². The molecule has 1 aromatic rings. The summed E-state index contributed by atoms with van der Waals surface area (Å²) in [5.41, 5.74) is -3.84. The number of hydrogen-bond acceptors (Lipinski definition) is 10. The smallest absolute Gasteiger partial charge is 0.338 e. The van der Waals surface area contributed by atoms with Crippen LogP contribution in [0, 0.1) is 39.7 Å². The fourth-order valence-corrected chi connectivity index (χ4v) is 12.5. The Bertz CT molecular complexity index is 1320. The highest BCUT2D eigenvalue weighted by Gasteiger charge is 2.92. The van der Waals surface area contributed by atoms with E-state index in [-0.39, 0.29) is 24.9 Å². The number of carbonyl (C=O) groups excluding carboxylic acids is 2. The number of benzene rings is 1. The normalized spacial score (nSPS) is 51.1. The number of methoxy groups -OCH3 is 4.